The van der Waals surface area contributed by atoms with Crippen molar-refractivity contribution in [3.05, 3.63) is 51.7 Å². The molecule has 2 aromatic rings. The number of rotatable bonds is 4. The first-order valence-electron chi connectivity index (χ1n) is 5.30. The van der Waals surface area contributed by atoms with Crippen LogP contribution in [0.15, 0.2) is 29.1 Å². The molecule has 0 aliphatic rings. The number of hydrogen-bond donors (Lipinski definition) is 2. The van der Waals surface area contributed by atoms with Crippen LogP contribution in [0.25, 0.3) is 0 Å². The van der Waals surface area contributed by atoms with Gasteiger partial charge in [-0.05, 0) is 36.6 Å². The van der Waals surface area contributed by atoms with Crippen molar-refractivity contribution in [1.29, 1.82) is 0 Å². The van der Waals surface area contributed by atoms with Crippen LogP contribution in [0, 0.1) is 12.7 Å². The quantitative estimate of drug-likeness (QED) is 0.648. The second-order valence-corrected chi connectivity index (χ2v) is 4.63. The van der Waals surface area contributed by atoms with Gasteiger partial charge < -0.3 is 0 Å². The minimum absolute atomic E-state index is 0.0367. The van der Waals surface area contributed by atoms with E-state index in [-0.39, 0.29) is 11.9 Å². The van der Waals surface area contributed by atoms with Gasteiger partial charge in [-0.25, -0.2) is 9.37 Å². The summed E-state index contributed by atoms with van der Waals surface area (Å²) in [7, 11) is 0. The maximum absolute atomic E-state index is 13.0. The second-order valence-electron chi connectivity index (χ2n) is 3.91. The summed E-state index contributed by atoms with van der Waals surface area (Å²) < 4.78 is 13.0. The molecule has 90 valence electrons. The van der Waals surface area contributed by atoms with E-state index in [4.69, 9.17) is 5.84 Å². The van der Waals surface area contributed by atoms with Gasteiger partial charge in [-0.3, -0.25) is 11.3 Å². The van der Waals surface area contributed by atoms with E-state index in [1.807, 2.05) is 12.3 Å². The Morgan fingerprint density at radius 3 is 2.94 bits per heavy atom. The molecule has 0 aliphatic carbocycles. The molecule has 0 fully saturated rings. The van der Waals surface area contributed by atoms with E-state index in [1.54, 1.807) is 11.6 Å². The fourth-order valence-electron chi connectivity index (χ4n) is 1.75. The number of halogens is 1. The molecule has 0 bridgehead atoms. The van der Waals surface area contributed by atoms with Gasteiger partial charge >= 0.3 is 0 Å². The molecule has 1 aromatic carbocycles. The van der Waals surface area contributed by atoms with Gasteiger partial charge in [-0.15, -0.1) is 11.3 Å². The standard InChI is InChI=1S/C12H14FN3S/c1-8-4-10(13)3-2-9(8)5-11(16-14)12-6-17-7-15-12/h2-4,6-7,11,16H,5,14H2,1H3. The number of nitrogens with one attached hydrogen (secondary N) is 1. The van der Waals surface area contributed by atoms with E-state index in [0.717, 1.165) is 16.8 Å². The Kier molecular flexibility index (Phi) is 3.83. The number of hydrogen-bond acceptors (Lipinski definition) is 4. The smallest absolute Gasteiger partial charge is 0.123 e. The van der Waals surface area contributed by atoms with Crippen LogP contribution in [0.1, 0.15) is 22.9 Å². The molecule has 1 aromatic heterocycles. The Hall–Kier alpha value is -1.30. The van der Waals surface area contributed by atoms with Crippen LogP contribution in [0.2, 0.25) is 0 Å². The topological polar surface area (TPSA) is 50.9 Å². The Bertz CT molecular complexity index is 485. The molecular formula is C12H14FN3S. The zero-order valence-corrected chi connectivity index (χ0v) is 10.3. The van der Waals surface area contributed by atoms with Crippen LogP contribution in [0.4, 0.5) is 4.39 Å². The molecule has 1 unspecified atom stereocenters. The predicted octanol–water partition coefficient (Wildman–Crippen LogP) is 2.34. The van der Waals surface area contributed by atoms with E-state index in [0.29, 0.717) is 6.42 Å². The van der Waals surface area contributed by atoms with Crippen molar-refractivity contribution in [2.75, 3.05) is 0 Å². The summed E-state index contributed by atoms with van der Waals surface area (Å²) in [5.41, 5.74) is 7.44. The highest BCUT2D eigenvalue weighted by molar-refractivity contribution is 7.07. The zero-order valence-electron chi connectivity index (χ0n) is 9.48. The predicted molar refractivity (Wildman–Crippen MR) is 67.0 cm³/mol. The Balaban J connectivity index is 2.19. The minimum Gasteiger partial charge on any atom is -0.271 e. The van der Waals surface area contributed by atoms with Crippen LogP contribution in [0.3, 0.4) is 0 Å². The van der Waals surface area contributed by atoms with Crippen molar-refractivity contribution in [1.82, 2.24) is 10.4 Å². The first-order chi connectivity index (χ1) is 8.20. The number of aromatic nitrogens is 1. The van der Waals surface area contributed by atoms with Gasteiger partial charge in [0.05, 0.1) is 17.2 Å². The zero-order chi connectivity index (χ0) is 12.3. The van der Waals surface area contributed by atoms with Crippen LogP contribution < -0.4 is 11.3 Å². The second kappa shape index (κ2) is 5.35. The molecule has 3 N–H and O–H groups in total. The summed E-state index contributed by atoms with van der Waals surface area (Å²) in [5.74, 6) is 5.32. The summed E-state index contributed by atoms with van der Waals surface area (Å²) in [6.45, 7) is 1.90. The van der Waals surface area contributed by atoms with E-state index < -0.39 is 0 Å². The summed E-state index contributed by atoms with van der Waals surface area (Å²) >= 11 is 1.53. The third kappa shape index (κ3) is 2.88. The van der Waals surface area contributed by atoms with Crippen molar-refractivity contribution >= 4 is 11.3 Å². The molecule has 1 atom stereocenters. The summed E-state index contributed by atoms with van der Waals surface area (Å²) in [6, 6.07) is 4.76. The third-order valence-corrected chi connectivity index (χ3v) is 3.34. The van der Waals surface area contributed by atoms with Gasteiger partial charge in [0.2, 0.25) is 0 Å². The number of nitrogens with two attached hydrogens (primary N) is 1. The highest BCUT2D eigenvalue weighted by atomic mass is 32.1. The van der Waals surface area contributed by atoms with E-state index >= 15 is 0 Å². The van der Waals surface area contributed by atoms with E-state index in [1.165, 1.54) is 23.5 Å². The summed E-state index contributed by atoms with van der Waals surface area (Å²) in [4.78, 5) is 4.23. The Labute approximate surface area is 103 Å². The van der Waals surface area contributed by atoms with Crippen molar-refractivity contribution in [3.63, 3.8) is 0 Å². The number of thiazole rings is 1. The van der Waals surface area contributed by atoms with Crippen LogP contribution in [0.5, 0.6) is 0 Å². The molecule has 0 spiro atoms. The molecule has 0 aliphatic heterocycles. The molecule has 0 saturated carbocycles. The average Bonchev–Trinajstić information content (AvgIpc) is 2.81. The Morgan fingerprint density at radius 1 is 1.53 bits per heavy atom. The largest absolute Gasteiger partial charge is 0.271 e. The minimum atomic E-state index is -0.211. The third-order valence-electron chi connectivity index (χ3n) is 2.74. The molecule has 5 heteroatoms. The van der Waals surface area contributed by atoms with Gasteiger partial charge in [-0.2, -0.15) is 0 Å². The van der Waals surface area contributed by atoms with Gasteiger partial charge in [0, 0.05) is 5.38 Å². The highest BCUT2D eigenvalue weighted by Crippen LogP contribution is 2.20. The average molecular weight is 251 g/mol. The molecule has 0 amide bonds. The lowest BCUT2D eigenvalue weighted by atomic mass is 10.00. The molecular weight excluding hydrogens is 237 g/mol. The molecule has 2 rings (SSSR count). The maximum atomic E-state index is 13.0. The number of benzene rings is 1. The number of nitrogens with zero attached hydrogens (tertiary/aromatic N) is 1. The van der Waals surface area contributed by atoms with Crippen molar-refractivity contribution in [2.24, 2.45) is 5.84 Å². The molecule has 3 nitrogen and oxygen atoms in total. The first-order valence-corrected chi connectivity index (χ1v) is 6.24. The lowest BCUT2D eigenvalue weighted by Gasteiger charge is -2.15. The van der Waals surface area contributed by atoms with Gasteiger partial charge in [-0.1, -0.05) is 6.07 Å². The normalized spacial score (nSPS) is 12.6. The van der Waals surface area contributed by atoms with Crippen LogP contribution in [-0.4, -0.2) is 4.98 Å². The fourth-order valence-corrected chi connectivity index (χ4v) is 2.36. The monoisotopic (exact) mass is 251 g/mol. The summed E-state index contributed by atoms with van der Waals surface area (Å²) in [6.07, 6.45) is 0.701. The first kappa shape index (κ1) is 12.2. The van der Waals surface area contributed by atoms with Gasteiger partial charge in [0.1, 0.15) is 5.82 Å². The van der Waals surface area contributed by atoms with Crippen LogP contribution >= 0.6 is 11.3 Å². The van der Waals surface area contributed by atoms with E-state index in [2.05, 4.69) is 10.4 Å². The lowest BCUT2D eigenvalue weighted by molar-refractivity contribution is 0.539. The Morgan fingerprint density at radius 2 is 2.35 bits per heavy atom. The van der Waals surface area contributed by atoms with Gasteiger partial charge in [0.25, 0.3) is 0 Å². The molecule has 1 heterocycles. The van der Waals surface area contributed by atoms with E-state index in [9.17, 15) is 4.39 Å². The molecule has 0 radical (unpaired) electrons. The number of aryl methyl sites for hydroxylation is 1. The van der Waals surface area contributed by atoms with Crippen molar-refractivity contribution in [3.8, 4) is 0 Å². The van der Waals surface area contributed by atoms with Crippen molar-refractivity contribution < 1.29 is 4.39 Å². The fraction of sp³-hybridized carbons (Fsp3) is 0.250. The lowest BCUT2D eigenvalue weighted by Crippen LogP contribution is -2.30. The van der Waals surface area contributed by atoms with Gasteiger partial charge in [0.15, 0.2) is 0 Å². The molecule has 0 saturated heterocycles. The number of hydrazine groups is 1. The van der Waals surface area contributed by atoms with Crippen molar-refractivity contribution in [2.45, 2.75) is 19.4 Å². The van der Waals surface area contributed by atoms with Crippen LogP contribution in [-0.2, 0) is 6.42 Å². The summed E-state index contributed by atoms with van der Waals surface area (Å²) in [5, 5.41) is 1.96. The maximum Gasteiger partial charge on any atom is 0.123 e. The molecule has 17 heavy (non-hydrogen) atoms. The SMILES string of the molecule is Cc1cc(F)ccc1CC(NN)c1cscn1. The highest BCUT2D eigenvalue weighted by Gasteiger charge is 2.13.